The van der Waals surface area contributed by atoms with Gasteiger partial charge in [0.05, 0.1) is 6.61 Å². The lowest BCUT2D eigenvalue weighted by atomic mass is 9.99. The van der Waals surface area contributed by atoms with Crippen molar-refractivity contribution in [3.8, 4) is 5.75 Å². The van der Waals surface area contributed by atoms with Crippen LogP contribution in [0.4, 0.5) is 0 Å². The Morgan fingerprint density at radius 3 is 2.11 bits per heavy atom. The van der Waals surface area contributed by atoms with Gasteiger partial charge in [0, 0.05) is 25.7 Å². The van der Waals surface area contributed by atoms with E-state index < -0.39 is 0 Å². The fourth-order valence-electron chi connectivity index (χ4n) is 4.08. The lowest BCUT2D eigenvalue weighted by molar-refractivity contribution is 0.303. The van der Waals surface area contributed by atoms with Crippen LogP contribution in [0.2, 0.25) is 0 Å². The van der Waals surface area contributed by atoms with Crippen LogP contribution in [0.15, 0.2) is 24.3 Å². The van der Waals surface area contributed by atoms with Gasteiger partial charge in [-0.15, -0.1) is 11.3 Å². The highest BCUT2D eigenvalue weighted by Crippen LogP contribution is 2.41. The Labute approximate surface area is 175 Å². The maximum Gasteiger partial charge on any atom is 0.123 e. The Hall–Kier alpha value is -1.54. The Morgan fingerprint density at radius 1 is 0.714 bits per heavy atom. The van der Waals surface area contributed by atoms with Gasteiger partial charge in [0.2, 0.25) is 0 Å². The number of unbranched alkanes of at least 4 members (excludes halogenated alkanes) is 6. The summed E-state index contributed by atoms with van der Waals surface area (Å²) < 4.78 is 9.00. The molecular weight excluding hydrogens is 360 g/mol. The molecule has 3 aromatic rings. The number of thiophene rings is 1. The second kappa shape index (κ2) is 10.3. The molecule has 0 aliphatic heterocycles. The van der Waals surface area contributed by atoms with Crippen LogP contribution in [0.25, 0.3) is 20.2 Å². The summed E-state index contributed by atoms with van der Waals surface area (Å²) >= 11 is 1.95. The molecular formula is C26H36OS. The first-order valence-electron chi connectivity index (χ1n) is 11.2. The Morgan fingerprint density at radius 2 is 1.36 bits per heavy atom. The molecule has 0 unspecified atom stereocenters. The van der Waals surface area contributed by atoms with Gasteiger partial charge in [-0.25, -0.2) is 0 Å². The molecule has 2 aromatic carbocycles. The third-order valence-corrected chi connectivity index (χ3v) is 7.38. The average molecular weight is 397 g/mol. The number of benzene rings is 2. The molecule has 3 rings (SSSR count). The van der Waals surface area contributed by atoms with E-state index in [9.17, 15) is 0 Å². The van der Waals surface area contributed by atoms with Crippen molar-refractivity contribution in [3.63, 3.8) is 0 Å². The largest absolute Gasteiger partial charge is 0.493 e. The van der Waals surface area contributed by atoms with Gasteiger partial charge in [-0.05, 0) is 56.4 Å². The van der Waals surface area contributed by atoms with Crippen molar-refractivity contribution in [2.75, 3.05) is 6.61 Å². The molecule has 0 aliphatic carbocycles. The highest BCUT2D eigenvalue weighted by atomic mass is 32.1. The van der Waals surface area contributed by atoms with Crippen molar-refractivity contribution < 1.29 is 4.74 Å². The summed E-state index contributed by atoms with van der Waals surface area (Å²) in [5.41, 5.74) is 4.31. The van der Waals surface area contributed by atoms with Gasteiger partial charge in [-0.2, -0.15) is 0 Å². The zero-order valence-corrected chi connectivity index (χ0v) is 19.0. The lowest BCUT2D eigenvalue weighted by Crippen LogP contribution is -1.98. The minimum absolute atomic E-state index is 0.835. The molecule has 0 N–H and O–H groups in total. The first-order valence-corrected chi connectivity index (χ1v) is 12.1. The monoisotopic (exact) mass is 396 g/mol. The highest BCUT2D eigenvalue weighted by molar-refractivity contribution is 7.26. The van der Waals surface area contributed by atoms with Crippen molar-refractivity contribution >= 4 is 31.5 Å². The molecule has 1 aromatic heterocycles. The number of fused-ring (bicyclic) bond motifs is 3. The smallest absolute Gasteiger partial charge is 0.123 e. The standard InChI is InChI=1S/C26H36OS/c1-5-7-9-10-12-18-27-24-17-16-23-22-15-14-21(13-11-8-6-2)19(3)25(22)28-26(23)20(24)4/h14-17H,5-13,18H2,1-4H3. The number of hydrogen-bond acceptors (Lipinski definition) is 2. The minimum Gasteiger partial charge on any atom is -0.493 e. The summed E-state index contributed by atoms with van der Waals surface area (Å²) in [6.45, 7) is 9.90. The van der Waals surface area contributed by atoms with E-state index >= 15 is 0 Å². The topological polar surface area (TPSA) is 9.23 Å². The van der Waals surface area contributed by atoms with Gasteiger partial charge in [0.15, 0.2) is 0 Å². The van der Waals surface area contributed by atoms with E-state index in [4.69, 9.17) is 4.74 Å². The molecule has 1 nitrogen and oxygen atoms in total. The van der Waals surface area contributed by atoms with Gasteiger partial charge in [-0.1, -0.05) is 64.5 Å². The fraction of sp³-hybridized carbons (Fsp3) is 0.538. The summed E-state index contributed by atoms with van der Waals surface area (Å²) in [6, 6.07) is 9.15. The van der Waals surface area contributed by atoms with Gasteiger partial charge < -0.3 is 4.74 Å². The number of hydrogen-bond donors (Lipinski definition) is 0. The van der Waals surface area contributed by atoms with Crippen LogP contribution in [0.5, 0.6) is 5.75 Å². The first kappa shape index (κ1) is 21.2. The quantitative estimate of drug-likeness (QED) is 0.294. The van der Waals surface area contributed by atoms with Gasteiger partial charge >= 0.3 is 0 Å². The number of ether oxygens (including phenoxy) is 1. The van der Waals surface area contributed by atoms with E-state index in [1.54, 1.807) is 0 Å². The van der Waals surface area contributed by atoms with Crippen molar-refractivity contribution in [1.82, 2.24) is 0 Å². The molecule has 0 amide bonds. The summed E-state index contributed by atoms with van der Waals surface area (Å²) in [4.78, 5) is 0. The van der Waals surface area contributed by atoms with E-state index in [1.165, 1.54) is 88.2 Å². The van der Waals surface area contributed by atoms with Crippen LogP contribution >= 0.6 is 11.3 Å². The van der Waals surface area contributed by atoms with Crippen LogP contribution in [0.1, 0.15) is 81.9 Å². The fourth-order valence-corrected chi connectivity index (χ4v) is 5.39. The van der Waals surface area contributed by atoms with Crippen LogP contribution in [0, 0.1) is 13.8 Å². The Kier molecular flexibility index (Phi) is 7.79. The summed E-state index contributed by atoms with van der Waals surface area (Å²) in [6.07, 6.45) is 11.5. The zero-order chi connectivity index (χ0) is 19.9. The minimum atomic E-state index is 0.835. The molecule has 152 valence electrons. The van der Waals surface area contributed by atoms with Crippen LogP contribution < -0.4 is 4.74 Å². The van der Waals surface area contributed by atoms with E-state index in [2.05, 4.69) is 52.0 Å². The predicted molar refractivity (Wildman–Crippen MR) is 126 cm³/mol. The van der Waals surface area contributed by atoms with Gasteiger partial charge in [0.1, 0.15) is 5.75 Å². The molecule has 2 heteroatoms. The molecule has 0 bridgehead atoms. The molecule has 0 saturated carbocycles. The Bertz CT molecular complexity index is 906. The molecule has 0 spiro atoms. The van der Waals surface area contributed by atoms with Crippen LogP contribution in [0.3, 0.4) is 0 Å². The van der Waals surface area contributed by atoms with E-state index in [0.29, 0.717) is 0 Å². The maximum absolute atomic E-state index is 6.15. The van der Waals surface area contributed by atoms with E-state index in [1.807, 2.05) is 11.3 Å². The normalized spacial score (nSPS) is 11.6. The molecule has 0 radical (unpaired) electrons. The molecule has 1 heterocycles. The average Bonchev–Trinajstić information content (AvgIpc) is 3.08. The zero-order valence-electron chi connectivity index (χ0n) is 18.2. The summed E-state index contributed by atoms with van der Waals surface area (Å²) in [7, 11) is 0. The maximum atomic E-state index is 6.15. The Balaban J connectivity index is 1.80. The second-order valence-corrected chi connectivity index (χ2v) is 9.13. The third kappa shape index (κ3) is 4.71. The van der Waals surface area contributed by atoms with Gasteiger partial charge in [-0.3, -0.25) is 0 Å². The third-order valence-electron chi connectivity index (χ3n) is 5.92. The van der Waals surface area contributed by atoms with Crippen molar-refractivity contribution in [1.29, 1.82) is 0 Å². The lowest BCUT2D eigenvalue weighted by Gasteiger charge is -2.09. The van der Waals surface area contributed by atoms with Crippen LogP contribution in [-0.2, 0) is 6.42 Å². The molecule has 28 heavy (non-hydrogen) atoms. The molecule has 0 saturated heterocycles. The molecule has 0 fully saturated rings. The van der Waals surface area contributed by atoms with E-state index in [0.717, 1.165) is 18.8 Å². The SMILES string of the molecule is CCCCCCCOc1ccc2c(sc3c(C)c(CCCCC)ccc32)c1C. The van der Waals surface area contributed by atoms with Crippen molar-refractivity contribution in [2.45, 2.75) is 85.5 Å². The van der Waals surface area contributed by atoms with Crippen LogP contribution in [-0.4, -0.2) is 6.61 Å². The molecule has 0 aliphatic rings. The number of aryl methyl sites for hydroxylation is 3. The van der Waals surface area contributed by atoms with Gasteiger partial charge in [0.25, 0.3) is 0 Å². The first-order chi connectivity index (χ1) is 13.7. The predicted octanol–water partition coefficient (Wildman–Crippen LogP) is 8.75. The molecule has 0 atom stereocenters. The van der Waals surface area contributed by atoms with Crippen molar-refractivity contribution in [3.05, 3.63) is 41.0 Å². The van der Waals surface area contributed by atoms with Crippen molar-refractivity contribution in [2.24, 2.45) is 0 Å². The second-order valence-electron chi connectivity index (χ2n) is 8.11. The van der Waals surface area contributed by atoms with E-state index in [-0.39, 0.29) is 0 Å². The summed E-state index contributed by atoms with van der Waals surface area (Å²) in [5.74, 6) is 1.07. The highest BCUT2D eigenvalue weighted by Gasteiger charge is 2.14. The number of rotatable bonds is 11. The summed E-state index contributed by atoms with van der Waals surface area (Å²) in [5, 5.41) is 2.79.